The van der Waals surface area contributed by atoms with Crippen molar-refractivity contribution in [3.8, 4) is 5.75 Å². The Kier molecular flexibility index (Phi) is 10.6. The molecule has 8 nitrogen and oxygen atoms in total. The van der Waals surface area contributed by atoms with Gasteiger partial charge in [-0.25, -0.2) is 8.42 Å². The first-order chi connectivity index (χ1) is 18.6. The molecular formula is C28H31Cl2N3O5S. The number of nitrogens with zero attached hydrogens (tertiary/aromatic N) is 2. The number of hydrogen-bond acceptors (Lipinski definition) is 5. The molecule has 0 aliphatic rings. The molecule has 3 aromatic carbocycles. The van der Waals surface area contributed by atoms with E-state index in [4.69, 9.17) is 27.9 Å². The lowest BCUT2D eigenvalue weighted by Gasteiger charge is -2.32. The van der Waals surface area contributed by atoms with Gasteiger partial charge in [-0.1, -0.05) is 48.3 Å². The topological polar surface area (TPSA) is 96.0 Å². The summed E-state index contributed by atoms with van der Waals surface area (Å²) >= 11 is 12.2. The van der Waals surface area contributed by atoms with Crippen LogP contribution in [0.15, 0.2) is 77.7 Å². The van der Waals surface area contributed by atoms with Crippen molar-refractivity contribution in [2.24, 2.45) is 0 Å². The van der Waals surface area contributed by atoms with Crippen LogP contribution in [0.5, 0.6) is 5.75 Å². The fourth-order valence-electron chi connectivity index (χ4n) is 3.80. The molecule has 0 spiro atoms. The van der Waals surface area contributed by atoms with Crippen LogP contribution in [0.3, 0.4) is 0 Å². The Bertz CT molecular complexity index is 1380. The molecular weight excluding hydrogens is 561 g/mol. The molecule has 0 fully saturated rings. The molecule has 0 bridgehead atoms. The summed E-state index contributed by atoms with van der Waals surface area (Å²) in [6, 6.07) is 18.1. The first-order valence-corrected chi connectivity index (χ1v) is 14.5. The van der Waals surface area contributed by atoms with Crippen molar-refractivity contribution in [1.29, 1.82) is 0 Å². The van der Waals surface area contributed by atoms with Gasteiger partial charge in [0.05, 0.1) is 17.7 Å². The molecule has 0 aromatic heterocycles. The van der Waals surface area contributed by atoms with Crippen LogP contribution in [0.1, 0.15) is 25.8 Å². The number of ether oxygens (including phenoxy) is 1. The number of halogens is 2. The summed E-state index contributed by atoms with van der Waals surface area (Å²) in [6.07, 6.45) is 0.728. The van der Waals surface area contributed by atoms with Gasteiger partial charge in [-0.3, -0.25) is 13.9 Å². The Morgan fingerprint density at radius 2 is 1.64 bits per heavy atom. The smallest absolute Gasteiger partial charge is 0.264 e. The summed E-state index contributed by atoms with van der Waals surface area (Å²) < 4.78 is 33.8. The van der Waals surface area contributed by atoms with E-state index in [1.54, 1.807) is 49.4 Å². The second kappa shape index (κ2) is 13.7. The summed E-state index contributed by atoms with van der Waals surface area (Å²) in [6.45, 7) is 3.50. The minimum atomic E-state index is -4.21. The molecule has 2 amide bonds. The molecule has 0 saturated carbocycles. The van der Waals surface area contributed by atoms with E-state index in [1.165, 1.54) is 42.3 Å². The number of carbonyl (C=O) groups excluding carboxylic acids is 2. The van der Waals surface area contributed by atoms with E-state index >= 15 is 0 Å². The molecule has 0 saturated heterocycles. The number of benzene rings is 3. The number of amides is 2. The summed E-state index contributed by atoms with van der Waals surface area (Å²) in [5.74, 6) is -0.423. The SMILES string of the molecule is CCCNC(=O)C(C)N(Cc1ccc(Cl)cc1)C(=O)CN(c1cccc(Cl)c1)S(=O)(=O)c1ccc(OC)cc1. The molecule has 11 heteroatoms. The molecule has 1 unspecified atom stereocenters. The van der Waals surface area contributed by atoms with E-state index in [0.717, 1.165) is 16.3 Å². The van der Waals surface area contributed by atoms with Gasteiger partial charge in [0, 0.05) is 23.1 Å². The van der Waals surface area contributed by atoms with Crippen LogP contribution in [0.4, 0.5) is 5.69 Å². The molecule has 39 heavy (non-hydrogen) atoms. The van der Waals surface area contributed by atoms with Crippen LogP contribution in [-0.2, 0) is 26.2 Å². The van der Waals surface area contributed by atoms with E-state index in [1.807, 2.05) is 6.92 Å². The maximum atomic E-state index is 13.8. The Hall–Kier alpha value is -3.27. The highest BCUT2D eigenvalue weighted by Gasteiger charge is 2.32. The monoisotopic (exact) mass is 591 g/mol. The molecule has 3 aromatic rings. The standard InChI is InChI=1S/C28H31Cl2N3O5S/c1-4-16-31-28(35)20(2)32(18-21-8-10-22(29)11-9-21)27(34)19-33(24-7-5-6-23(30)17-24)39(36,37)26-14-12-25(38-3)13-15-26/h5-15,17,20H,4,16,18-19H2,1-3H3,(H,31,35). The van der Waals surface area contributed by atoms with Gasteiger partial charge in [0.25, 0.3) is 10.0 Å². The molecule has 1 N–H and O–H groups in total. The molecule has 0 aliphatic heterocycles. The van der Waals surface area contributed by atoms with Crippen LogP contribution >= 0.6 is 23.2 Å². The third kappa shape index (κ3) is 7.88. The quantitative estimate of drug-likeness (QED) is 0.314. The second-order valence-electron chi connectivity index (χ2n) is 8.78. The van der Waals surface area contributed by atoms with Crippen molar-refractivity contribution in [3.63, 3.8) is 0 Å². The van der Waals surface area contributed by atoms with Gasteiger partial charge in [-0.15, -0.1) is 0 Å². The minimum absolute atomic E-state index is 0.0333. The minimum Gasteiger partial charge on any atom is -0.497 e. The van der Waals surface area contributed by atoms with E-state index in [0.29, 0.717) is 22.3 Å². The van der Waals surface area contributed by atoms with Crippen LogP contribution in [0, 0.1) is 0 Å². The first kappa shape index (κ1) is 30.3. The number of sulfonamides is 1. The summed E-state index contributed by atoms with van der Waals surface area (Å²) in [5, 5.41) is 3.64. The van der Waals surface area contributed by atoms with Gasteiger partial charge >= 0.3 is 0 Å². The molecule has 0 aliphatic carbocycles. The number of hydrogen-bond donors (Lipinski definition) is 1. The fourth-order valence-corrected chi connectivity index (χ4v) is 5.52. The summed E-state index contributed by atoms with van der Waals surface area (Å²) in [4.78, 5) is 28.0. The molecule has 1 atom stereocenters. The Labute approximate surface area is 239 Å². The normalized spacial score (nSPS) is 11.9. The average molecular weight is 593 g/mol. The average Bonchev–Trinajstić information content (AvgIpc) is 2.93. The Morgan fingerprint density at radius 1 is 0.974 bits per heavy atom. The number of anilines is 1. The largest absolute Gasteiger partial charge is 0.497 e. The van der Waals surface area contributed by atoms with Crippen molar-refractivity contribution >= 4 is 50.7 Å². The van der Waals surface area contributed by atoms with Crippen LogP contribution in [-0.4, -0.2) is 51.4 Å². The van der Waals surface area contributed by atoms with Crippen molar-refractivity contribution in [1.82, 2.24) is 10.2 Å². The highest BCUT2D eigenvalue weighted by Crippen LogP contribution is 2.28. The van der Waals surface area contributed by atoms with Crippen LogP contribution in [0.2, 0.25) is 10.0 Å². The van der Waals surface area contributed by atoms with Gasteiger partial charge < -0.3 is 15.0 Å². The third-order valence-electron chi connectivity index (χ3n) is 6.01. The van der Waals surface area contributed by atoms with Crippen molar-refractivity contribution in [2.75, 3.05) is 24.5 Å². The maximum absolute atomic E-state index is 13.8. The van der Waals surface area contributed by atoms with Crippen LogP contribution < -0.4 is 14.4 Å². The summed E-state index contributed by atoms with van der Waals surface area (Å²) in [7, 11) is -2.73. The zero-order valence-electron chi connectivity index (χ0n) is 21.9. The first-order valence-electron chi connectivity index (χ1n) is 12.3. The number of nitrogens with one attached hydrogen (secondary N) is 1. The van der Waals surface area contributed by atoms with Crippen molar-refractivity contribution < 1.29 is 22.7 Å². The van der Waals surface area contributed by atoms with E-state index < -0.39 is 28.5 Å². The summed E-state index contributed by atoms with van der Waals surface area (Å²) in [5.41, 5.74) is 0.941. The third-order valence-corrected chi connectivity index (χ3v) is 8.28. The van der Waals surface area contributed by atoms with Crippen molar-refractivity contribution in [3.05, 3.63) is 88.4 Å². The predicted molar refractivity (Wildman–Crippen MR) is 154 cm³/mol. The molecule has 0 heterocycles. The second-order valence-corrected chi connectivity index (χ2v) is 11.5. The van der Waals surface area contributed by atoms with Crippen molar-refractivity contribution in [2.45, 2.75) is 37.8 Å². The lowest BCUT2D eigenvalue weighted by atomic mass is 10.1. The number of methoxy groups -OCH3 is 1. The zero-order valence-corrected chi connectivity index (χ0v) is 24.3. The van der Waals surface area contributed by atoms with E-state index in [-0.39, 0.29) is 23.0 Å². The van der Waals surface area contributed by atoms with E-state index in [2.05, 4.69) is 5.32 Å². The Balaban J connectivity index is 2.01. The van der Waals surface area contributed by atoms with Gasteiger partial charge in [0.15, 0.2) is 0 Å². The Morgan fingerprint density at radius 3 is 2.23 bits per heavy atom. The van der Waals surface area contributed by atoms with Crippen LogP contribution in [0.25, 0.3) is 0 Å². The highest BCUT2D eigenvalue weighted by molar-refractivity contribution is 7.92. The van der Waals surface area contributed by atoms with Gasteiger partial charge in [0.2, 0.25) is 11.8 Å². The highest BCUT2D eigenvalue weighted by atomic mass is 35.5. The van der Waals surface area contributed by atoms with Gasteiger partial charge in [-0.2, -0.15) is 0 Å². The molecule has 3 rings (SSSR count). The maximum Gasteiger partial charge on any atom is 0.264 e. The lowest BCUT2D eigenvalue weighted by Crippen LogP contribution is -2.51. The van der Waals surface area contributed by atoms with Gasteiger partial charge in [-0.05, 0) is 73.5 Å². The number of rotatable bonds is 12. The lowest BCUT2D eigenvalue weighted by molar-refractivity contribution is -0.139. The molecule has 0 radical (unpaired) electrons. The van der Waals surface area contributed by atoms with Gasteiger partial charge in [0.1, 0.15) is 18.3 Å². The van der Waals surface area contributed by atoms with E-state index in [9.17, 15) is 18.0 Å². The zero-order chi connectivity index (χ0) is 28.6. The predicted octanol–water partition coefficient (Wildman–Crippen LogP) is 5.14. The number of carbonyl (C=O) groups is 2. The molecule has 208 valence electrons. The fraction of sp³-hybridized carbons (Fsp3) is 0.286.